The minimum absolute atomic E-state index is 0.0175. The molecule has 2 aromatic heterocycles. The zero-order valence-electron chi connectivity index (χ0n) is 13.3. The third-order valence-corrected chi connectivity index (χ3v) is 4.50. The molecule has 8 heteroatoms. The van der Waals surface area contributed by atoms with Crippen LogP contribution < -0.4 is 0 Å². The van der Waals surface area contributed by atoms with E-state index in [-0.39, 0.29) is 17.4 Å². The van der Waals surface area contributed by atoms with Crippen LogP contribution in [0.25, 0.3) is 5.76 Å². The number of ketones is 2. The molecule has 0 bridgehead atoms. The third-order valence-electron chi connectivity index (χ3n) is 3.58. The average Bonchev–Trinajstić information content (AvgIpc) is 3.27. The normalized spacial score (nSPS) is 11.5. The number of aliphatic hydroxyl groups excluding tert-OH is 1. The molecule has 0 saturated heterocycles. The summed E-state index contributed by atoms with van der Waals surface area (Å²) in [5.41, 5.74) is 2.24. The van der Waals surface area contributed by atoms with Crippen LogP contribution in [-0.2, 0) is 6.42 Å². The summed E-state index contributed by atoms with van der Waals surface area (Å²) >= 11 is 1.48. The number of rotatable bonds is 6. The molecule has 2 heterocycles. The third kappa shape index (κ3) is 3.86. The van der Waals surface area contributed by atoms with E-state index in [0.717, 1.165) is 16.5 Å². The first kappa shape index (κ1) is 16.7. The summed E-state index contributed by atoms with van der Waals surface area (Å²) in [7, 11) is 0. The second-order valence-electron chi connectivity index (χ2n) is 5.32. The van der Waals surface area contributed by atoms with Gasteiger partial charge in [-0.25, -0.2) is 0 Å². The van der Waals surface area contributed by atoms with E-state index < -0.39 is 5.78 Å². The molecule has 0 atom stereocenters. The molecular weight excluding hydrogens is 340 g/mol. The zero-order chi connectivity index (χ0) is 17.8. The first-order valence-corrected chi connectivity index (χ1v) is 8.27. The van der Waals surface area contributed by atoms with E-state index in [1.165, 1.54) is 18.3 Å². The van der Waals surface area contributed by atoms with Crippen molar-refractivity contribution in [3.8, 4) is 0 Å². The van der Waals surface area contributed by atoms with E-state index in [2.05, 4.69) is 20.6 Å². The van der Waals surface area contributed by atoms with Gasteiger partial charge in [0.05, 0.1) is 0 Å². The predicted molar refractivity (Wildman–Crippen MR) is 92.7 cm³/mol. The maximum absolute atomic E-state index is 11.9. The molecule has 0 spiro atoms. The monoisotopic (exact) mass is 354 g/mol. The molecule has 1 aromatic carbocycles. The van der Waals surface area contributed by atoms with E-state index in [9.17, 15) is 14.7 Å². The van der Waals surface area contributed by atoms with Gasteiger partial charge in [-0.05, 0) is 29.1 Å². The van der Waals surface area contributed by atoms with Crippen LogP contribution in [0.3, 0.4) is 0 Å². The zero-order valence-corrected chi connectivity index (χ0v) is 14.1. The topological polar surface area (TPSA) is 109 Å². The van der Waals surface area contributed by atoms with Gasteiger partial charge in [0.25, 0.3) is 0 Å². The van der Waals surface area contributed by atoms with Crippen molar-refractivity contribution in [1.82, 2.24) is 20.6 Å². The standard InChI is InChI=1S/C17H14N4O3S/c1-10(22)12-4-2-11(3-5-12)8-16-13(6-7-25-16)14(23)9-15(24)17-18-20-21-19-17/h2-7,9,23H,8H2,1H3,(H,18,19,20,21). The van der Waals surface area contributed by atoms with Gasteiger partial charge in [0.1, 0.15) is 5.76 Å². The maximum atomic E-state index is 11.9. The molecule has 0 aliphatic heterocycles. The lowest BCUT2D eigenvalue weighted by Crippen LogP contribution is -2.00. The summed E-state index contributed by atoms with van der Waals surface area (Å²) in [5, 5.41) is 24.8. The molecule has 3 aromatic rings. The van der Waals surface area contributed by atoms with Gasteiger partial charge < -0.3 is 5.11 Å². The van der Waals surface area contributed by atoms with Crippen molar-refractivity contribution in [3.63, 3.8) is 0 Å². The Labute approximate surface area is 147 Å². The van der Waals surface area contributed by atoms with Crippen molar-refractivity contribution in [2.45, 2.75) is 13.3 Å². The fourth-order valence-electron chi connectivity index (χ4n) is 2.28. The number of thiophene rings is 1. The highest BCUT2D eigenvalue weighted by Crippen LogP contribution is 2.26. The number of benzene rings is 1. The van der Waals surface area contributed by atoms with E-state index >= 15 is 0 Å². The second-order valence-corrected chi connectivity index (χ2v) is 6.32. The fourth-order valence-corrected chi connectivity index (χ4v) is 3.20. The predicted octanol–water partition coefficient (Wildman–Crippen LogP) is 2.84. The number of carbonyl (C=O) groups excluding carboxylic acids is 2. The van der Waals surface area contributed by atoms with Gasteiger partial charge in [-0.3, -0.25) is 9.59 Å². The van der Waals surface area contributed by atoms with E-state index in [1.807, 2.05) is 17.5 Å². The lowest BCUT2D eigenvalue weighted by Gasteiger charge is -2.04. The number of allylic oxidation sites excluding steroid dienone is 1. The SMILES string of the molecule is CC(=O)c1ccc(Cc2sccc2C(O)=CC(=O)c2nn[nH]n2)cc1. The smallest absolute Gasteiger partial charge is 0.244 e. The Hall–Kier alpha value is -3.13. The van der Waals surface area contributed by atoms with Crippen LogP contribution in [0, 0.1) is 0 Å². The molecule has 0 saturated carbocycles. The Balaban J connectivity index is 1.80. The summed E-state index contributed by atoms with van der Waals surface area (Å²) < 4.78 is 0. The lowest BCUT2D eigenvalue weighted by molar-refractivity contribution is 0.101. The molecule has 0 aliphatic rings. The highest BCUT2D eigenvalue weighted by atomic mass is 32.1. The van der Waals surface area contributed by atoms with E-state index in [0.29, 0.717) is 17.5 Å². The van der Waals surface area contributed by atoms with Crippen LogP contribution in [-0.4, -0.2) is 37.3 Å². The molecule has 7 nitrogen and oxygen atoms in total. The number of hydrogen-bond acceptors (Lipinski definition) is 7. The van der Waals surface area contributed by atoms with Crippen LogP contribution in [0.15, 0.2) is 41.8 Å². The molecule has 0 radical (unpaired) electrons. The summed E-state index contributed by atoms with van der Waals surface area (Å²) in [6, 6.07) is 9.07. The number of tetrazole rings is 1. The molecular formula is C17H14N4O3S. The fraction of sp³-hybridized carbons (Fsp3) is 0.118. The molecule has 0 unspecified atom stereocenters. The first-order chi connectivity index (χ1) is 12.0. The summed E-state index contributed by atoms with van der Waals surface area (Å²) in [6.45, 7) is 1.52. The van der Waals surface area contributed by atoms with Crippen molar-refractivity contribution >= 4 is 28.7 Å². The van der Waals surface area contributed by atoms with Crippen molar-refractivity contribution in [2.75, 3.05) is 0 Å². The highest BCUT2D eigenvalue weighted by Gasteiger charge is 2.14. The largest absolute Gasteiger partial charge is 0.507 e. The number of aromatic amines is 1. The van der Waals surface area contributed by atoms with Crippen LogP contribution in [0.2, 0.25) is 0 Å². The lowest BCUT2D eigenvalue weighted by atomic mass is 10.0. The first-order valence-electron chi connectivity index (χ1n) is 7.39. The van der Waals surface area contributed by atoms with Gasteiger partial charge in [-0.2, -0.15) is 5.21 Å². The number of carbonyl (C=O) groups is 2. The summed E-state index contributed by atoms with van der Waals surface area (Å²) in [6.07, 6.45) is 1.66. The van der Waals surface area contributed by atoms with Gasteiger partial charge in [-0.1, -0.05) is 24.3 Å². The summed E-state index contributed by atoms with van der Waals surface area (Å²) in [5.74, 6) is -0.771. The maximum Gasteiger partial charge on any atom is 0.244 e. The van der Waals surface area contributed by atoms with Gasteiger partial charge in [0.2, 0.25) is 11.6 Å². The van der Waals surface area contributed by atoms with Gasteiger partial charge in [0, 0.05) is 28.5 Å². The molecule has 3 rings (SSSR count). The van der Waals surface area contributed by atoms with Crippen LogP contribution in [0.1, 0.15) is 43.9 Å². The Morgan fingerprint density at radius 1 is 1.24 bits per heavy atom. The van der Waals surface area contributed by atoms with E-state index in [1.54, 1.807) is 18.2 Å². The molecule has 25 heavy (non-hydrogen) atoms. The quantitative estimate of drug-likeness (QED) is 0.400. The van der Waals surface area contributed by atoms with Crippen LogP contribution in [0.4, 0.5) is 0 Å². The molecule has 126 valence electrons. The van der Waals surface area contributed by atoms with Crippen molar-refractivity contribution in [2.24, 2.45) is 0 Å². The van der Waals surface area contributed by atoms with Gasteiger partial charge in [0.15, 0.2) is 5.78 Å². The minimum Gasteiger partial charge on any atom is -0.507 e. The molecule has 0 fully saturated rings. The number of Topliss-reactive ketones (excluding diaryl/α,β-unsaturated/α-hetero) is 1. The van der Waals surface area contributed by atoms with Gasteiger partial charge >= 0.3 is 0 Å². The van der Waals surface area contributed by atoms with Crippen LogP contribution >= 0.6 is 11.3 Å². The van der Waals surface area contributed by atoms with Crippen molar-refractivity contribution in [1.29, 1.82) is 0 Å². The van der Waals surface area contributed by atoms with Gasteiger partial charge in [-0.15, -0.1) is 21.5 Å². The Morgan fingerprint density at radius 2 is 2.00 bits per heavy atom. The average molecular weight is 354 g/mol. The van der Waals surface area contributed by atoms with E-state index in [4.69, 9.17) is 0 Å². The number of aliphatic hydroxyl groups is 1. The number of H-pyrrole nitrogens is 1. The number of nitrogens with zero attached hydrogens (tertiary/aromatic N) is 3. The Morgan fingerprint density at radius 3 is 2.64 bits per heavy atom. The minimum atomic E-state index is -0.533. The Kier molecular flexibility index (Phi) is 4.80. The molecule has 0 amide bonds. The summed E-state index contributed by atoms with van der Waals surface area (Å²) in [4.78, 5) is 24.2. The Bertz CT molecular complexity index is 927. The number of aromatic nitrogens is 4. The van der Waals surface area contributed by atoms with Crippen molar-refractivity contribution in [3.05, 3.63) is 69.2 Å². The van der Waals surface area contributed by atoms with Crippen molar-refractivity contribution < 1.29 is 14.7 Å². The molecule has 2 N–H and O–H groups in total. The molecule has 0 aliphatic carbocycles. The number of hydrogen-bond donors (Lipinski definition) is 2. The second kappa shape index (κ2) is 7.18. The number of nitrogens with one attached hydrogen (secondary N) is 1. The highest BCUT2D eigenvalue weighted by molar-refractivity contribution is 7.10. The van der Waals surface area contributed by atoms with Crippen LogP contribution in [0.5, 0.6) is 0 Å².